The predicted octanol–water partition coefficient (Wildman–Crippen LogP) is 3.40. The van der Waals surface area contributed by atoms with Gasteiger partial charge in [0.2, 0.25) is 0 Å². The Bertz CT molecular complexity index is 291. The van der Waals surface area contributed by atoms with Gasteiger partial charge in [-0.05, 0) is 47.0 Å². The lowest BCUT2D eigenvalue weighted by Gasteiger charge is -2.08. The van der Waals surface area contributed by atoms with Crippen molar-refractivity contribution in [2.75, 3.05) is 18.5 Å². The molecule has 2 nitrogen and oxygen atoms in total. The highest BCUT2D eigenvalue weighted by molar-refractivity contribution is 9.11. The number of aliphatic hydroxyl groups is 1. The number of aliphatic hydroxyl groups excluding tert-OH is 1. The minimum atomic E-state index is 0.267. The average Bonchev–Trinajstić information content (AvgIpc) is 2.15. The van der Waals surface area contributed by atoms with Crippen molar-refractivity contribution in [2.45, 2.75) is 12.8 Å². The van der Waals surface area contributed by atoms with Gasteiger partial charge < -0.3 is 10.4 Å². The minimum Gasteiger partial charge on any atom is -0.396 e. The summed E-state index contributed by atoms with van der Waals surface area (Å²) in [6, 6.07) is 6.03. The SMILES string of the molecule is OCCCCNc1ccc(Br)cc1Br. The Balaban J connectivity index is 2.42. The fourth-order valence-electron chi connectivity index (χ4n) is 1.09. The summed E-state index contributed by atoms with van der Waals surface area (Å²) in [7, 11) is 0. The van der Waals surface area contributed by atoms with Crippen LogP contribution >= 0.6 is 31.9 Å². The molecule has 0 aliphatic carbocycles. The number of nitrogens with one attached hydrogen (secondary N) is 1. The summed E-state index contributed by atoms with van der Waals surface area (Å²) in [6.07, 6.45) is 1.83. The van der Waals surface area contributed by atoms with E-state index in [9.17, 15) is 0 Å². The van der Waals surface area contributed by atoms with Gasteiger partial charge in [-0.3, -0.25) is 0 Å². The molecule has 0 radical (unpaired) electrons. The molecule has 0 heterocycles. The zero-order chi connectivity index (χ0) is 10.4. The van der Waals surface area contributed by atoms with Gasteiger partial charge in [-0.1, -0.05) is 15.9 Å². The van der Waals surface area contributed by atoms with Gasteiger partial charge in [-0.25, -0.2) is 0 Å². The van der Waals surface area contributed by atoms with Gasteiger partial charge in [0, 0.05) is 27.8 Å². The second-order valence-electron chi connectivity index (χ2n) is 2.98. The molecular weight excluding hydrogens is 310 g/mol. The molecule has 0 spiro atoms. The number of rotatable bonds is 5. The van der Waals surface area contributed by atoms with E-state index in [4.69, 9.17) is 5.11 Å². The second kappa shape index (κ2) is 6.43. The molecule has 14 heavy (non-hydrogen) atoms. The number of benzene rings is 1. The second-order valence-corrected chi connectivity index (χ2v) is 4.75. The van der Waals surface area contributed by atoms with Gasteiger partial charge in [-0.2, -0.15) is 0 Å². The third-order valence-corrected chi connectivity index (χ3v) is 2.98. The molecule has 0 bridgehead atoms. The molecule has 0 fully saturated rings. The lowest BCUT2D eigenvalue weighted by molar-refractivity contribution is 0.286. The molecule has 1 aromatic carbocycles. The average molecular weight is 323 g/mol. The van der Waals surface area contributed by atoms with Crippen molar-refractivity contribution in [1.29, 1.82) is 0 Å². The number of halogens is 2. The van der Waals surface area contributed by atoms with Crippen LogP contribution in [0.4, 0.5) is 5.69 Å². The van der Waals surface area contributed by atoms with Crippen LogP contribution in [-0.4, -0.2) is 18.3 Å². The maximum atomic E-state index is 8.61. The van der Waals surface area contributed by atoms with Crippen molar-refractivity contribution < 1.29 is 5.11 Å². The molecular formula is C10H13Br2NO. The first kappa shape index (κ1) is 12.0. The predicted molar refractivity (Wildman–Crippen MR) is 66.7 cm³/mol. The standard InChI is InChI=1S/C10H13Br2NO/c11-8-3-4-10(9(12)7-8)13-5-1-2-6-14/h3-4,7,13-14H,1-2,5-6H2. The van der Waals surface area contributed by atoms with Gasteiger partial charge in [0.05, 0.1) is 0 Å². The number of unbranched alkanes of at least 4 members (excludes halogenated alkanes) is 1. The van der Waals surface area contributed by atoms with Gasteiger partial charge in [-0.15, -0.1) is 0 Å². The Morgan fingerprint density at radius 3 is 2.64 bits per heavy atom. The highest BCUT2D eigenvalue weighted by atomic mass is 79.9. The maximum Gasteiger partial charge on any atom is 0.0485 e. The first-order valence-corrected chi connectivity index (χ1v) is 6.12. The van der Waals surface area contributed by atoms with Gasteiger partial charge in [0.1, 0.15) is 0 Å². The van der Waals surface area contributed by atoms with Crippen LogP contribution in [0.3, 0.4) is 0 Å². The van der Waals surface area contributed by atoms with Crippen LogP contribution < -0.4 is 5.32 Å². The molecule has 0 saturated carbocycles. The fourth-order valence-corrected chi connectivity index (χ4v) is 2.28. The van der Waals surface area contributed by atoms with Crippen LogP contribution in [0.5, 0.6) is 0 Å². The van der Waals surface area contributed by atoms with E-state index < -0.39 is 0 Å². The zero-order valence-corrected chi connectivity index (χ0v) is 10.9. The third kappa shape index (κ3) is 3.98. The normalized spacial score (nSPS) is 10.2. The Morgan fingerprint density at radius 1 is 1.21 bits per heavy atom. The highest BCUT2D eigenvalue weighted by Crippen LogP contribution is 2.25. The van der Waals surface area contributed by atoms with E-state index in [-0.39, 0.29) is 6.61 Å². The lowest BCUT2D eigenvalue weighted by atomic mass is 10.3. The van der Waals surface area contributed by atoms with Crippen molar-refractivity contribution >= 4 is 37.5 Å². The van der Waals surface area contributed by atoms with Crippen LogP contribution in [0.15, 0.2) is 27.1 Å². The summed E-state index contributed by atoms with van der Waals surface area (Å²) in [5.74, 6) is 0. The largest absolute Gasteiger partial charge is 0.396 e. The summed E-state index contributed by atoms with van der Waals surface area (Å²) < 4.78 is 2.11. The van der Waals surface area contributed by atoms with Crippen molar-refractivity contribution in [3.05, 3.63) is 27.1 Å². The summed E-state index contributed by atoms with van der Waals surface area (Å²) >= 11 is 6.87. The first-order chi connectivity index (χ1) is 6.74. The van der Waals surface area contributed by atoms with Crippen molar-refractivity contribution in [3.8, 4) is 0 Å². The van der Waals surface area contributed by atoms with Crippen LogP contribution in [-0.2, 0) is 0 Å². The summed E-state index contributed by atoms with van der Waals surface area (Å²) in [5.41, 5.74) is 1.09. The monoisotopic (exact) mass is 321 g/mol. The fraction of sp³-hybridized carbons (Fsp3) is 0.400. The van der Waals surface area contributed by atoms with Crippen molar-refractivity contribution in [2.24, 2.45) is 0 Å². The first-order valence-electron chi connectivity index (χ1n) is 4.54. The quantitative estimate of drug-likeness (QED) is 0.814. The summed E-state index contributed by atoms with van der Waals surface area (Å²) in [5, 5.41) is 11.9. The molecule has 78 valence electrons. The number of hydrogen-bond acceptors (Lipinski definition) is 2. The molecule has 0 aliphatic rings. The third-order valence-electron chi connectivity index (χ3n) is 1.83. The molecule has 1 rings (SSSR count). The molecule has 0 saturated heterocycles. The summed E-state index contributed by atoms with van der Waals surface area (Å²) in [6.45, 7) is 1.16. The van der Waals surface area contributed by atoms with E-state index in [2.05, 4.69) is 37.2 Å². The molecule has 0 unspecified atom stereocenters. The molecule has 0 aromatic heterocycles. The van der Waals surface area contributed by atoms with E-state index in [0.717, 1.165) is 34.0 Å². The van der Waals surface area contributed by atoms with E-state index >= 15 is 0 Å². The number of anilines is 1. The Labute approximate surface area is 101 Å². The van der Waals surface area contributed by atoms with Crippen LogP contribution in [0.2, 0.25) is 0 Å². The highest BCUT2D eigenvalue weighted by Gasteiger charge is 1.98. The van der Waals surface area contributed by atoms with Crippen LogP contribution in [0, 0.1) is 0 Å². The number of hydrogen-bond donors (Lipinski definition) is 2. The van der Waals surface area contributed by atoms with Gasteiger partial charge in [0.15, 0.2) is 0 Å². The van der Waals surface area contributed by atoms with Crippen molar-refractivity contribution in [1.82, 2.24) is 0 Å². The Morgan fingerprint density at radius 2 is 2.00 bits per heavy atom. The Kier molecular flexibility index (Phi) is 5.52. The smallest absolute Gasteiger partial charge is 0.0485 e. The maximum absolute atomic E-state index is 8.61. The molecule has 0 aliphatic heterocycles. The van der Waals surface area contributed by atoms with E-state index in [0.29, 0.717) is 0 Å². The van der Waals surface area contributed by atoms with E-state index in [1.165, 1.54) is 0 Å². The molecule has 0 amide bonds. The molecule has 4 heteroatoms. The molecule has 0 atom stereocenters. The molecule has 2 N–H and O–H groups in total. The van der Waals surface area contributed by atoms with Gasteiger partial charge in [0.25, 0.3) is 0 Å². The van der Waals surface area contributed by atoms with E-state index in [1.54, 1.807) is 0 Å². The zero-order valence-electron chi connectivity index (χ0n) is 7.76. The summed E-state index contributed by atoms with van der Waals surface area (Å²) in [4.78, 5) is 0. The lowest BCUT2D eigenvalue weighted by Crippen LogP contribution is -2.02. The van der Waals surface area contributed by atoms with Crippen molar-refractivity contribution in [3.63, 3.8) is 0 Å². The molecule has 1 aromatic rings. The minimum absolute atomic E-state index is 0.267. The van der Waals surface area contributed by atoms with Gasteiger partial charge >= 0.3 is 0 Å². The topological polar surface area (TPSA) is 32.3 Å². The van der Waals surface area contributed by atoms with Crippen LogP contribution in [0.25, 0.3) is 0 Å². The van der Waals surface area contributed by atoms with Crippen LogP contribution in [0.1, 0.15) is 12.8 Å². The van der Waals surface area contributed by atoms with E-state index in [1.807, 2.05) is 18.2 Å². The Hall–Kier alpha value is -0.0600.